The van der Waals surface area contributed by atoms with Gasteiger partial charge in [0.25, 0.3) is 0 Å². The molecule has 0 spiro atoms. The van der Waals surface area contributed by atoms with Crippen molar-refractivity contribution in [3.8, 4) is 12.1 Å². The normalized spacial score (nSPS) is 11.1. The molecule has 4 aromatic carbocycles. The molecule has 0 saturated carbocycles. The first-order valence-electron chi connectivity index (χ1n) is 7.17. The van der Waals surface area contributed by atoms with Crippen LogP contribution in [0.5, 0.6) is 0 Å². The number of nitrogens with zero attached hydrogens (tertiary/aromatic N) is 2. The molecule has 22 heavy (non-hydrogen) atoms. The van der Waals surface area contributed by atoms with Gasteiger partial charge < -0.3 is 0 Å². The van der Waals surface area contributed by atoms with Gasteiger partial charge in [-0.15, -0.1) is 0 Å². The Morgan fingerprint density at radius 3 is 1.36 bits per heavy atom. The van der Waals surface area contributed by atoms with Crippen molar-refractivity contribution < 1.29 is 0 Å². The maximum absolute atomic E-state index is 9.45. The van der Waals surface area contributed by atoms with Crippen LogP contribution in [0.4, 0.5) is 0 Å². The monoisotopic (exact) mass is 280 g/mol. The summed E-state index contributed by atoms with van der Waals surface area (Å²) in [5, 5.41) is 25.3. The highest BCUT2D eigenvalue weighted by Crippen LogP contribution is 2.39. The zero-order chi connectivity index (χ0) is 15.4. The van der Waals surface area contributed by atoms with Crippen molar-refractivity contribution in [1.29, 1.82) is 10.5 Å². The SMILES string of the molecule is Cc1cc(C#N)c2ccc3c(C)cc(C#N)c4ccc1c2c34. The molecule has 0 aliphatic carbocycles. The Morgan fingerprint density at radius 2 is 1.00 bits per heavy atom. The summed E-state index contributed by atoms with van der Waals surface area (Å²) in [5.41, 5.74) is 3.58. The molecule has 0 unspecified atom stereocenters. The second kappa shape index (κ2) is 4.20. The van der Waals surface area contributed by atoms with Crippen molar-refractivity contribution in [2.45, 2.75) is 13.8 Å². The third-order valence-electron chi connectivity index (χ3n) is 4.55. The van der Waals surface area contributed by atoms with Crippen molar-refractivity contribution in [1.82, 2.24) is 0 Å². The fraction of sp³-hybridized carbons (Fsp3) is 0.100. The minimum atomic E-state index is 0.694. The Balaban J connectivity index is 2.45. The molecular formula is C20H12N2. The van der Waals surface area contributed by atoms with E-state index >= 15 is 0 Å². The average molecular weight is 280 g/mol. The zero-order valence-electron chi connectivity index (χ0n) is 12.4. The molecule has 0 atom stereocenters. The molecule has 0 radical (unpaired) electrons. The number of rotatable bonds is 0. The van der Waals surface area contributed by atoms with Crippen molar-refractivity contribution in [3.05, 3.63) is 58.7 Å². The molecule has 4 rings (SSSR count). The molecule has 2 nitrogen and oxygen atoms in total. The van der Waals surface area contributed by atoms with Gasteiger partial charge in [0, 0.05) is 10.8 Å². The van der Waals surface area contributed by atoms with E-state index in [-0.39, 0.29) is 0 Å². The van der Waals surface area contributed by atoms with Crippen molar-refractivity contribution in [2.75, 3.05) is 0 Å². The van der Waals surface area contributed by atoms with Crippen LogP contribution in [0.25, 0.3) is 32.3 Å². The summed E-state index contributed by atoms with van der Waals surface area (Å²) in [5.74, 6) is 0. The van der Waals surface area contributed by atoms with Gasteiger partial charge in [0.15, 0.2) is 0 Å². The first-order valence-corrected chi connectivity index (χ1v) is 7.17. The van der Waals surface area contributed by atoms with Crippen molar-refractivity contribution in [2.24, 2.45) is 0 Å². The third-order valence-corrected chi connectivity index (χ3v) is 4.55. The van der Waals surface area contributed by atoms with E-state index in [2.05, 4.69) is 24.3 Å². The van der Waals surface area contributed by atoms with Gasteiger partial charge >= 0.3 is 0 Å². The minimum Gasteiger partial charge on any atom is -0.192 e. The van der Waals surface area contributed by atoms with Crippen LogP contribution in [0.2, 0.25) is 0 Å². The number of aryl methyl sites for hydroxylation is 2. The van der Waals surface area contributed by atoms with E-state index in [0.29, 0.717) is 11.1 Å². The van der Waals surface area contributed by atoms with E-state index in [4.69, 9.17) is 0 Å². The predicted octanol–water partition coefficient (Wildman–Crippen LogP) is 4.94. The molecule has 0 heterocycles. The lowest BCUT2D eigenvalue weighted by Crippen LogP contribution is -1.93. The number of hydrogen-bond acceptors (Lipinski definition) is 2. The molecule has 4 aromatic rings. The van der Waals surface area contributed by atoms with Crippen LogP contribution < -0.4 is 0 Å². The molecular weight excluding hydrogens is 268 g/mol. The number of hydrogen-bond donors (Lipinski definition) is 0. The smallest absolute Gasteiger partial charge is 0.0998 e. The van der Waals surface area contributed by atoms with Crippen LogP contribution in [-0.4, -0.2) is 0 Å². The highest BCUT2D eigenvalue weighted by atomic mass is 14.3. The molecule has 0 amide bonds. The largest absolute Gasteiger partial charge is 0.192 e. The fourth-order valence-corrected chi connectivity index (χ4v) is 3.53. The first kappa shape index (κ1) is 12.6. The predicted molar refractivity (Wildman–Crippen MR) is 89.1 cm³/mol. The standard InChI is InChI=1S/C20H12N2/c1-11-7-13(9-21)17-6-4-16-12(2)8-14(10-22)18-5-3-15(11)19(17)20(16)18/h3-8H,1-2H3. The Morgan fingerprint density at radius 1 is 0.636 bits per heavy atom. The van der Waals surface area contributed by atoms with Gasteiger partial charge in [-0.05, 0) is 58.7 Å². The van der Waals surface area contributed by atoms with Crippen molar-refractivity contribution >= 4 is 32.3 Å². The molecule has 0 bridgehead atoms. The molecule has 2 heteroatoms. The summed E-state index contributed by atoms with van der Waals surface area (Å²) < 4.78 is 0. The number of benzene rings is 4. The minimum absolute atomic E-state index is 0.694. The molecule has 0 N–H and O–H groups in total. The summed E-state index contributed by atoms with van der Waals surface area (Å²) in [6.45, 7) is 4.07. The summed E-state index contributed by atoms with van der Waals surface area (Å²) in [4.78, 5) is 0. The lowest BCUT2D eigenvalue weighted by molar-refractivity contribution is 1.46. The van der Waals surface area contributed by atoms with Crippen LogP contribution in [0, 0.1) is 36.5 Å². The Hall–Kier alpha value is -3.10. The molecule has 0 aliphatic heterocycles. The van der Waals surface area contributed by atoms with Crippen LogP contribution in [-0.2, 0) is 0 Å². The van der Waals surface area contributed by atoms with Gasteiger partial charge in [0.1, 0.15) is 0 Å². The van der Waals surface area contributed by atoms with Crippen LogP contribution >= 0.6 is 0 Å². The summed E-state index contributed by atoms with van der Waals surface area (Å²) in [6, 6.07) is 16.7. The Bertz CT molecular complexity index is 1060. The Labute approximate surface area is 128 Å². The molecule has 0 aliphatic rings. The van der Waals surface area contributed by atoms with Crippen molar-refractivity contribution in [3.63, 3.8) is 0 Å². The third kappa shape index (κ3) is 1.42. The average Bonchev–Trinajstić information content (AvgIpc) is 2.55. The topological polar surface area (TPSA) is 47.6 Å². The number of nitriles is 2. The second-order valence-corrected chi connectivity index (χ2v) is 5.78. The Kier molecular flexibility index (Phi) is 2.41. The van der Waals surface area contributed by atoms with Crippen LogP contribution in [0.3, 0.4) is 0 Å². The second-order valence-electron chi connectivity index (χ2n) is 5.78. The summed E-state index contributed by atoms with van der Waals surface area (Å²) >= 11 is 0. The van der Waals surface area contributed by atoms with Gasteiger partial charge in [0.05, 0.1) is 23.3 Å². The maximum atomic E-state index is 9.45. The van der Waals surface area contributed by atoms with Gasteiger partial charge in [-0.1, -0.05) is 24.3 Å². The van der Waals surface area contributed by atoms with Gasteiger partial charge in [0.2, 0.25) is 0 Å². The fourth-order valence-electron chi connectivity index (χ4n) is 3.53. The van der Waals surface area contributed by atoms with E-state index in [1.54, 1.807) is 0 Å². The highest BCUT2D eigenvalue weighted by molar-refractivity contribution is 6.25. The van der Waals surface area contributed by atoms with Crippen LogP contribution in [0.1, 0.15) is 22.3 Å². The van der Waals surface area contributed by atoms with E-state index in [1.807, 2.05) is 38.1 Å². The maximum Gasteiger partial charge on any atom is 0.0998 e. The van der Waals surface area contributed by atoms with Crippen LogP contribution in [0.15, 0.2) is 36.4 Å². The quantitative estimate of drug-likeness (QED) is 0.428. The molecule has 102 valence electrons. The lowest BCUT2D eigenvalue weighted by atomic mass is 9.87. The molecule has 0 fully saturated rings. The highest BCUT2D eigenvalue weighted by Gasteiger charge is 2.15. The van der Waals surface area contributed by atoms with Gasteiger partial charge in [-0.2, -0.15) is 10.5 Å². The van der Waals surface area contributed by atoms with Gasteiger partial charge in [-0.25, -0.2) is 0 Å². The van der Waals surface area contributed by atoms with E-state index in [1.165, 1.54) is 0 Å². The van der Waals surface area contributed by atoms with E-state index < -0.39 is 0 Å². The van der Waals surface area contributed by atoms with Gasteiger partial charge in [-0.3, -0.25) is 0 Å². The molecule has 0 aromatic heterocycles. The lowest BCUT2D eigenvalue weighted by Gasteiger charge is -2.15. The zero-order valence-corrected chi connectivity index (χ0v) is 12.4. The van der Waals surface area contributed by atoms with E-state index in [0.717, 1.165) is 43.4 Å². The van der Waals surface area contributed by atoms with E-state index in [9.17, 15) is 10.5 Å². The summed E-state index contributed by atoms with van der Waals surface area (Å²) in [6.07, 6.45) is 0. The first-order chi connectivity index (χ1) is 10.7. The molecule has 0 saturated heterocycles. The summed E-state index contributed by atoms with van der Waals surface area (Å²) in [7, 11) is 0.